The summed E-state index contributed by atoms with van der Waals surface area (Å²) < 4.78 is 33.9. The van der Waals surface area contributed by atoms with Crippen LogP contribution < -0.4 is 4.74 Å². The first-order valence-corrected chi connectivity index (χ1v) is 7.07. The van der Waals surface area contributed by atoms with Gasteiger partial charge in [0.25, 0.3) is 5.92 Å². The molecule has 0 spiro atoms. The summed E-state index contributed by atoms with van der Waals surface area (Å²) in [6.07, 6.45) is 0.571. The van der Waals surface area contributed by atoms with Crippen LogP contribution in [-0.2, 0) is 13.0 Å². The van der Waals surface area contributed by atoms with Crippen LogP contribution >= 0.6 is 0 Å². The molecular formula is C16H16F2N2O2. The monoisotopic (exact) mass is 306 g/mol. The molecule has 22 heavy (non-hydrogen) atoms. The highest BCUT2D eigenvalue weighted by atomic mass is 19.3. The fraction of sp³-hybridized carbons (Fsp3) is 0.375. The highest BCUT2D eigenvalue weighted by Crippen LogP contribution is 2.31. The summed E-state index contributed by atoms with van der Waals surface area (Å²) in [5.74, 6) is -2.37. The third-order valence-corrected chi connectivity index (χ3v) is 3.79. The number of ether oxygens (including phenoxy) is 1. The molecule has 6 heteroatoms. The van der Waals surface area contributed by atoms with Crippen LogP contribution in [0, 0.1) is 0 Å². The molecule has 1 aliphatic rings. The van der Waals surface area contributed by atoms with E-state index in [2.05, 4.69) is 5.10 Å². The molecule has 0 aliphatic heterocycles. The summed E-state index contributed by atoms with van der Waals surface area (Å²) in [6, 6.07) is 7.40. The second kappa shape index (κ2) is 5.51. The van der Waals surface area contributed by atoms with Gasteiger partial charge in [-0.25, -0.2) is 8.78 Å². The molecular weight excluding hydrogens is 290 g/mol. The molecule has 0 saturated heterocycles. The number of benzene rings is 1. The minimum absolute atomic E-state index is 0.131. The topological polar surface area (TPSA) is 44.1 Å². The second-order valence-electron chi connectivity index (χ2n) is 5.49. The molecule has 0 fully saturated rings. The van der Waals surface area contributed by atoms with Crippen LogP contribution in [0.15, 0.2) is 30.5 Å². The van der Waals surface area contributed by atoms with Crippen LogP contribution in [0.25, 0.3) is 0 Å². The molecule has 0 saturated carbocycles. The van der Waals surface area contributed by atoms with Gasteiger partial charge < -0.3 is 4.74 Å². The van der Waals surface area contributed by atoms with E-state index in [1.165, 1.54) is 0 Å². The van der Waals surface area contributed by atoms with Crippen molar-refractivity contribution in [2.45, 2.75) is 31.7 Å². The minimum atomic E-state index is -2.86. The molecule has 0 radical (unpaired) electrons. The summed E-state index contributed by atoms with van der Waals surface area (Å²) in [5, 5.41) is 4.18. The van der Waals surface area contributed by atoms with E-state index < -0.39 is 18.8 Å². The maximum Gasteiger partial charge on any atom is 0.254 e. The highest BCUT2D eigenvalue weighted by Gasteiger charge is 2.36. The van der Waals surface area contributed by atoms with Crippen LogP contribution in [0.1, 0.15) is 34.5 Å². The van der Waals surface area contributed by atoms with Crippen molar-refractivity contribution >= 4 is 5.78 Å². The van der Waals surface area contributed by atoms with E-state index in [1.54, 1.807) is 18.0 Å². The lowest BCUT2D eigenvalue weighted by atomic mass is 10.1. The van der Waals surface area contributed by atoms with Crippen molar-refractivity contribution in [1.29, 1.82) is 0 Å². The lowest BCUT2D eigenvalue weighted by Crippen LogP contribution is -2.18. The first kappa shape index (κ1) is 14.7. The molecule has 0 bridgehead atoms. The normalized spacial score (nSPS) is 17.0. The van der Waals surface area contributed by atoms with Gasteiger partial charge in [-0.2, -0.15) is 5.10 Å². The Balaban J connectivity index is 1.84. The molecule has 0 unspecified atom stereocenters. The Labute approximate surface area is 126 Å². The van der Waals surface area contributed by atoms with Gasteiger partial charge in [0.15, 0.2) is 5.78 Å². The minimum Gasteiger partial charge on any atom is -0.497 e. The number of alkyl halides is 2. The van der Waals surface area contributed by atoms with Gasteiger partial charge in [0.2, 0.25) is 0 Å². The Hall–Kier alpha value is -2.24. The van der Waals surface area contributed by atoms with E-state index in [0.717, 1.165) is 11.3 Å². The van der Waals surface area contributed by atoms with E-state index in [4.69, 9.17) is 4.74 Å². The molecule has 2 aromatic rings. The zero-order valence-electron chi connectivity index (χ0n) is 12.2. The van der Waals surface area contributed by atoms with Gasteiger partial charge in [0, 0.05) is 19.0 Å². The molecule has 3 rings (SSSR count). The maximum atomic E-state index is 13.6. The Morgan fingerprint density at radius 2 is 2.05 bits per heavy atom. The number of hydrogen-bond donors (Lipinski definition) is 0. The Morgan fingerprint density at radius 3 is 2.73 bits per heavy atom. The largest absolute Gasteiger partial charge is 0.497 e. The molecule has 1 aromatic heterocycles. The van der Waals surface area contributed by atoms with E-state index in [-0.39, 0.29) is 17.9 Å². The predicted molar refractivity (Wildman–Crippen MR) is 76.5 cm³/mol. The number of hydrogen-bond acceptors (Lipinski definition) is 3. The Kier molecular flexibility index (Phi) is 3.68. The van der Waals surface area contributed by atoms with E-state index in [1.807, 2.05) is 24.3 Å². The van der Waals surface area contributed by atoms with Crippen molar-refractivity contribution in [2.75, 3.05) is 7.11 Å². The molecule has 0 amide bonds. The van der Waals surface area contributed by atoms with Gasteiger partial charge in [-0.05, 0) is 17.7 Å². The summed E-state index contributed by atoms with van der Waals surface area (Å²) in [6.45, 7) is 0.426. The third-order valence-electron chi connectivity index (χ3n) is 3.79. The molecule has 1 aromatic carbocycles. The summed E-state index contributed by atoms with van der Waals surface area (Å²) >= 11 is 0. The predicted octanol–water partition coefficient (Wildman–Crippen LogP) is 3.09. The van der Waals surface area contributed by atoms with Crippen LogP contribution in [-0.4, -0.2) is 28.6 Å². The Morgan fingerprint density at radius 1 is 1.32 bits per heavy atom. The fourth-order valence-corrected chi connectivity index (χ4v) is 2.59. The SMILES string of the molecule is COc1ccc(Cn2cc3c(n2)CC(F)(F)CCC3=O)cc1. The average Bonchev–Trinajstić information content (AvgIpc) is 2.83. The number of carbonyl (C=O) groups is 1. The van der Waals surface area contributed by atoms with Crippen LogP contribution in [0.4, 0.5) is 8.78 Å². The van der Waals surface area contributed by atoms with Gasteiger partial charge in [-0.3, -0.25) is 9.48 Å². The fourth-order valence-electron chi connectivity index (χ4n) is 2.59. The number of halogens is 2. The molecule has 0 atom stereocenters. The number of rotatable bonds is 3. The third kappa shape index (κ3) is 3.00. The molecule has 0 N–H and O–H groups in total. The first-order valence-electron chi connectivity index (χ1n) is 7.07. The van der Waals surface area contributed by atoms with Gasteiger partial charge >= 0.3 is 0 Å². The van der Waals surface area contributed by atoms with Crippen molar-refractivity contribution in [3.63, 3.8) is 0 Å². The van der Waals surface area contributed by atoms with E-state index >= 15 is 0 Å². The molecule has 4 nitrogen and oxygen atoms in total. The number of methoxy groups -OCH3 is 1. The quantitative estimate of drug-likeness (QED) is 0.819. The highest BCUT2D eigenvalue weighted by molar-refractivity contribution is 5.97. The van der Waals surface area contributed by atoms with Crippen molar-refractivity contribution in [3.8, 4) is 5.75 Å². The number of ketones is 1. The zero-order chi connectivity index (χ0) is 15.7. The lowest BCUT2D eigenvalue weighted by Gasteiger charge is -2.11. The summed E-state index contributed by atoms with van der Waals surface area (Å²) in [4.78, 5) is 11.9. The number of Topliss-reactive ketones (excluding diaryl/α,β-unsaturated/α-hetero) is 1. The average molecular weight is 306 g/mol. The van der Waals surface area contributed by atoms with E-state index in [0.29, 0.717) is 12.1 Å². The zero-order valence-corrected chi connectivity index (χ0v) is 12.2. The van der Waals surface area contributed by atoms with Crippen molar-refractivity contribution in [2.24, 2.45) is 0 Å². The van der Waals surface area contributed by atoms with E-state index in [9.17, 15) is 13.6 Å². The first-order chi connectivity index (χ1) is 10.5. The van der Waals surface area contributed by atoms with Crippen molar-refractivity contribution in [1.82, 2.24) is 9.78 Å². The number of aromatic nitrogens is 2. The molecule has 116 valence electrons. The van der Waals surface area contributed by atoms with Crippen molar-refractivity contribution < 1.29 is 18.3 Å². The lowest BCUT2D eigenvalue weighted by molar-refractivity contribution is -0.00697. The standard InChI is InChI=1S/C16H16F2N2O2/c1-22-12-4-2-11(3-5-12)9-20-10-13-14(19-20)8-16(17,18)7-6-15(13)21/h2-5,10H,6-9H2,1H3. The molecule has 1 aliphatic carbocycles. The Bertz CT molecular complexity index is 693. The van der Waals surface area contributed by atoms with Crippen molar-refractivity contribution in [3.05, 3.63) is 47.3 Å². The summed E-state index contributed by atoms with van der Waals surface area (Å²) in [7, 11) is 1.59. The van der Waals surface area contributed by atoms with Gasteiger partial charge in [-0.1, -0.05) is 12.1 Å². The maximum absolute atomic E-state index is 13.6. The molecule has 1 heterocycles. The van der Waals surface area contributed by atoms with Crippen LogP contribution in [0.3, 0.4) is 0 Å². The smallest absolute Gasteiger partial charge is 0.254 e. The van der Waals surface area contributed by atoms with Crippen LogP contribution in [0.2, 0.25) is 0 Å². The van der Waals surface area contributed by atoms with Gasteiger partial charge in [0.05, 0.1) is 31.3 Å². The van der Waals surface area contributed by atoms with Gasteiger partial charge in [0.1, 0.15) is 5.75 Å². The summed E-state index contributed by atoms with van der Waals surface area (Å²) in [5.41, 5.74) is 1.48. The number of carbonyl (C=O) groups excluding carboxylic acids is 1. The number of fused-ring (bicyclic) bond motifs is 1. The number of nitrogens with zero attached hydrogens (tertiary/aromatic N) is 2. The second-order valence-corrected chi connectivity index (χ2v) is 5.49. The van der Waals surface area contributed by atoms with Gasteiger partial charge in [-0.15, -0.1) is 0 Å². The van der Waals surface area contributed by atoms with Crippen LogP contribution in [0.5, 0.6) is 5.75 Å².